The summed E-state index contributed by atoms with van der Waals surface area (Å²) in [6.45, 7) is 0.145. The van der Waals surface area contributed by atoms with Crippen LogP contribution in [0, 0.1) is 0 Å². The lowest BCUT2D eigenvalue weighted by molar-refractivity contribution is 0.102. The molecular formula is C17H12N2O5S. The molecule has 0 unspecified atom stereocenters. The molecule has 25 heavy (non-hydrogen) atoms. The second-order valence-electron chi connectivity index (χ2n) is 5.26. The van der Waals surface area contributed by atoms with Gasteiger partial charge in [-0.25, -0.2) is 4.98 Å². The Kier molecular flexibility index (Phi) is 3.66. The topological polar surface area (TPSA) is 101 Å². The zero-order valence-electron chi connectivity index (χ0n) is 12.7. The van der Waals surface area contributed by atoms with Crippen molar-refractivity contribution in [3.8, 4) is 34.3 Å². The van der Waals surface area contributed by atoms with Gasteiger partial charge in [-0.1, -0.05) is 0 Å². The number of amides is 1. The Morgan fingerprint density at radius 3 is 2.80 bits per heavy atom. The van der Waals surface area contributed by atoms with Gasteiger partial charge in [-0.3, -0.25) is 10.1 Å². The molecule has 0 spiro atoms. The Bertz CT molecular complexity index is 969. The molecule has 126 valence electrons. The molecule has 1 aromatic heterocycles. The fourth-order valence-electron chi connectivity index (χ4n) is 2.40. The predicted octanol–water partition coefficient (Wildman–Crippen LogP) is 3.20. The number of phenols is 2. The molecule has 0 saturated carbocycles. The molecule has 8 heteroatoms. The number of phenolic OH excluding ortho intramolecular Hbond substituents is 2. The third-order valence-corrected chi connectivity index (χ3v) is 4.37. The summed E-state index contributed by atoms with van der Waals surface area (Å²) >= 11 is 1.23. The molecule has 0 bridgehead atoms. The number of fused-ring (bicyclic) bond motifs is 1. The molecule has 7 nitrogen and oxygen atoms in total. The second-order valence-corrected chi connectivity index (χ2v) is 6.12. The van der Waals surface area contributed by atoms with E-state index in [2.05, 4.69) is 10.3 Å². The molecule has 0 fully saturated rings. The average Bonchev–Trinajstić information content (AvgIpc) is 3.23. The number of anilines is 1. The fraction of sp³-hybridized carbons (Fsp3) is 0.0588. The van der Waals surface area contributed by atoms with Crippen LogP contribution in [0.1, 0.15) is 10.4 Å². The lowest BCUT2D eigenvalue weighted by atomic mass is 10.1. The summed E-state index contributed by atoms with van der Waals surface area (Å²) in [6, 6.07) is 9.18. The van der Waals surface area contributed by atoms with E-state index in [9.17, 15) is 15.0 Å². The van der Waals surface area contributed by atoms with Gasteiger partial charge in [0, 0.05) is 22.6 Å². The van der Waals surface area contributed by atoms with Crippen molar-refractivity contribution in [3.05, 3.63) is 47.3 Å². The number of nitrogens with one attached hydrogen (secondary N) is 1. The molecule has 4 rings (SSSR count). The number of aromatic nitrogens is 1. The van der Waals surface area contributed by atoms with Gasteiger partial charge in [0.1, 0.15) is 11.5 Å². The van der Waals surface area contributed by atoms with E-state index >= 15 is 0 Å². The highest BCUT2D eigenvalue weighted by molar-refractivity contribution is 7.14. The van der Waals surface area contributed by atoms with Crippen molar-refractivity contribution in [1.82, 2.24) is 4.98 Å². The highest BCUT2D eigenvalue weighted by atomic mass is 32.1. The molecule has 3 N–H and O–H groups in total. The Hall–Kier alpha value is -3.26. The van der Waals surface area contributed by atoms with Gasteiger partial charge in [-0.2, -0.15) is 0 Å². The van der Waals surface area contributed by atoms with E-state index in [1.165, 1.54) is 23.5 Å². The Morgan fingerprint density at radius 2 is 1.96 bits per heavy atom. The summed E-state index contributed by atoms with van der Waals surface area (Å²) in [7, 11) is 0. The van der Waals surface area contributed by atoms with Crippen LogP contribution in [0.2, 0.25) is 0 Å². The van der Waals surface area contributed by atoms with E-state index in [0.717, 1.165) is 0 Å². The summed E-state index contributed by atoms with van der Waals surface area (Å²) in [5, 5.41) is 24.1. The maximum atomic E-state index is 12.3. The highest BCUT2D eigenvalue weighted by Gasteiger charge is 2.17. The largest absolute Gasteiger partial charge is 0.508 e. The quantitative estimate of drug-likeness (QED) is 0.666. The molecule has 0 radical (unpaired) electrons. The van der Waals surface area contributed by atoms with Gasteiger partial charge in [0.25, 0.3) is 5.91 Å². The number of carbonyl (C=O) groups excluding carboxylic acids is 1. The van der Waals surface area contributed by atoms with Crippen LogP contribution >= 0.6 is 11.3 Å². The number of hydrogen-bond acceptors (Lipinski definition) is 7. The highest BCUT2D eigenvalue weighted by Crippen LogP contribution is 2.35. The van der Waals surface area contributed by atoms with Crippen molar-refractivity contribution in [1.29, 1.82) is 0 Å². The first kappa shape index (κ1) is 15.3. The molecular weight excluding hydrogens is 344 g/mol. The number of benzene rings is 2. The Morgan fingerprint density at radius 1 is 1.12 bits per heavy atom. The van der Waals surface area contributed by atoms with Crippen molar-refractivity contribution < 1.29 is 24.5 Å². The van der Waals surface area contributed by atoms with Gasteiger partial charge in [-0.05, 0) is 30.3 Å². The fourth-order valence-corrected chi connectivity index (χ4v) is 3.10. The molecule has 1 amide bonds. The monoisotopic (exact) mass is 356 g/mol. The molecule has 0 saturated heterocycles. The third kappa shape index (κ3) is 2.94. The number of ether oxygens (including phenoxy) is 2. The minimum absolute atomic E-state index is 0.0344. The van der Waals surface area contributed by atoms with Crippen molar-refractivity contribution in [2.45, 2.75) is 0 Å². The lowest BCUT2D eigenvalue weighted by Gasteiger charge is -2.03. The maximum Gasteiger partial charge on any atom is 0.257 e. The third-order valence-electron chi connectivity index (χ3n) is 3.62. The summed E-state index contributed by atoms with van der Waals surface area (Å²) in [6.07, 6.45) is 0. The van der Waals surface area contributed by atoms with Crippen LogP contribution < -0.4 is 14.8 Å². The zero-order chi connectivity index (χ0) is 17.4. The lowest BCUT2D eigenvalue weighted by Crippen LogP contribution is -2.11. The molecule has 0 atom stereocenters. The number of rotatable bonds is 3. The number of aromatic hydroxyl groups is 2. The molecule has 2 heterocycles. The van der Waals surface area contributed by atoms with E-state index < -0.39 is 0 Å². The molecule has 0 aliphatic carbocycles. The minimum Gasteiger partial charge on any atom is -0.508 e. The van der Waals surface area contributed by atoms with Gasteiger partial charge in [-0.15, -0.1) is 11.3 Å². The molecule has 3 aromatic rings. The van der Waals surface area contributed by atoms with Crippen LogP contribution in [-0.2, 0) is 0 Å². The van der Waals surface area contributed by atoms with Gasteiger partial charge in [0.15, 0.2) is 16.6 Å². The van der Waals surface area contributed by atoms with Gasteiger partial charge in [0.05, 0.1) is 5.69 Å². The number of hydrogen-bond donors (Lipinski definition) is 3. The predicted molar refractivity (Wildman–Crippen MR) is 91.4 cm³/mol. The minimum atomic E-state index is -0.325. The van der Waals surface area contributed by atoms with Crippen molar-refractivity contribution >= 4 is 22.4 Å². The Labute approximate surface area is 146 Å². The first-order chi connectivity index (χ1) is 12.1. The van der Waals surface area contributed by atoms with Crippen LogP contribution in [0.5, 0.6) is 23.0 Å². The van der Waals surface area contributed by atoms with Gasteiger partial charge >= 0.3 is 0 Å². The van der Waals surface area contributed by atoms with Crippen molar-refractivity contribution in [2.24, 2.45) is 0 Å². The first-order valence-corrected chi connectivity index (χ1v) is 8.17. The maximum absolute atomic E-state index is 12.3. The van der Waals surface area contributed by atoms with E-state index in [0.29, 0.717) is 33.5 Å². The standard InChI is InChI=1S/C17H12N2O5S/c20-10-2-3-11(13(21)6-10)12-7-25-17(18-12)19-16(22)9-1-4-14-15(5-9)24-8-23-14/h1-7,20-21H,8H2,(H,18,19,22). The summed E-state index contributed by atoms with van der Waals surface area (Å²) in [5.41, 5.74) is 1.40. The summed E-state index contributed by atoms with van der Waals surface area (Å²) in [4.78, 5) is 16.6. The van der Waals surface area contributed by atoms with E-state index in [4.69, 9.17) is 9.47 Å². The smallest absolute Gasteiger partial charge is 0.257 e. The normalized spacial score (nSPS) is 12.2. The SMILES string of the molecule is O=C(Nc1nc(-c2ccc(O)cc2O)cs1)c1ccc2c(c1)OCO2. The van der Waals surface area contributed by atoms with Gasteiger partial charge < -0.3 is 19.7 Å². The zero-order valence-corrected chi connectivity index (χ0v) is 13.5. The van der Waals surface area contributed by atoms with E-state index in [-0.39, 0.29) is 24.2 Å². The van der Waals surface area contributed by atoms with Crippen LogP contribution in [-0.4, -0.2) is 27.9 Å². The van der Waals surface area contributed by atoms with Gasteiger partial charge in [0.2, 0.25) is 6.79 Å². The van der Waals surface area contributed by atoms with Crippen LogP contribution in [0.4, 0.5) is 5.13 Å². The average molecular weight is 356 g/mol. The van der Waals surface area contributed by atoms with Crippen LogP contribution in [0.25, 0.3) is 11.3 Å². The van der Waals surface area contributed by atoms with Crippen molar-refractivity contribution in [2.75, 3.05) is 12.1 Å². The molecule has 2 aromatic carbocycles. The van der Waals surface area contributed by atoms with E-state index in [1.54, 1.807) is 29.6 Å². The number of thiazole rings is 1. The molecule has 1 aliphatic rings. The summed E-state index contributed by atoms with van der Waals surface area (Å²) in [5.74, 6) is 0.693. The van der Waals surface area contributed by atoms with Crippen LogP contribution in [0.15, 0.2) is 41.8 Å². The second kappa shape index (κ2) is 5.99. The van der Waals surface area contributed by atoms with Crippen LogP contribution in [0.3, 0.4) is 0 Å². The van der Waals surface area contributed by atoms with Crippen molar-refractivity contribution in [3.63, 3.8) is 0 Å². The first-order valence-electron chi connectivity index (χ1n) is 7.29. The number of carbonyl (C=O) groups is 1. The summed E-state index contributed by atoms with van der Waals surface area (Å²) < 4.78 is 10.5. The number of nitrogens with zero attached hydrogens (tertiary/aromatic N) is 1. The molecule has 1 aliphatic heterocycles. The van der Waals surface area contributed by atoms with E-state index in [1.807, 2.05) is 0 Å². The Balaban J connectivity index is 1.54.